The molecule has 0 spiro atoms. The molecule has 1 fully saturated rings. The van der Waals surface area contributed by atoms with Crippen LogP contribution >= 0.6 is 0 Å². The van der Waals surface area contributed by atoms with E-state index in [1.807, 2.05) is 19.0 Å². The third-order valence-corrected chi connectivity index (χ3v) is 5.47. The Morgan fingerprint density at radius 2 is 1.73 bits per heavy atom. The van der Waals surface area contributed by atoms with Crippen LogP contribution in [0.15, 0.2) is 42.5 Å². The molecule has 0 aromatic heterocycles. The fourth-order valence-corrected chi connectivity index (χ4v) is 3.63. The lowest BCUT2D eigenvalue weighted by Crippen LogP contribution is -2.41. The number of anilines is 2. The van der Waals surface area contributed by atoms with E-state index in [0.717, 1.165) is 37.2 Å². The molecule has 1 aliphatic rings. The molecule has 160 valence electrons. The molecule has 30 heavy (non-hydrogen) atoms. The normalized spacial score (nSPS) is 14.9. The molecule has 0 aliphatic carbocycles. The molecule has 0 unspecified atom stereocenters. The van der Waals surface area contributed by atoms with Gasteiger partial charge in [0.1, 0.15) is 5.82 Å². The maximum atomic E-state index is 13.7. The Hall–Kier alpha value is -2.93. The average molecular weight is 413 g/mol. The molecular formula is C23H29FN4O2. The van der Waals surface area contributed by atoms with Gasteiger partial charge in [0.05, 0.1) is 6.04 Å². The van der Waals surface area contributed by atoms with E-state index in [0.29, 0.717) is 12.1 Å². The highest BCUT2D eigenvalue weighted by Crippen LogP contribution is 2.26. The predicted octanol–water partition coefficient (Wildman–Crippen LogP) is 3.09. The number of hydrogen-bond acceptors (Lipinski definition) is 4. The van der Waals surface area contributed by atoms with Gasteiger partial charge in [0.15, 0.2) is 0 Å². The summed E-state index contributed by atoms with van der Waals surface area (Å²) in [6, 6.07) is 12.6. The molecule has 2 N–H and O–H groups in total. The monoisotopic (exact) mass is 412 g/mol. The van der Waals surface area contributed by atoms with Crippen molar-refractivity contribution in [3.8, 4) is 0 Å². The molecule has 1 atom stereocenters. The first-order chi connectivity index (χ1) is 14.3. The molecule has 0 bridgehead atoms. The van der Waals surface area contributed by atoms with Crippen LogP contribution < -0.4 is 15.5 Å². The maximum absolute atomic E-state index is 13.7. The highest BCUT2D eigenvalue weighted by molar-refractivity contribution is 6.39. The number of benzene rings is 2. The quantitative estimate of drug-likeness (QED) is 0.716. The highest BCUT2D eigenvalue weighted by Gasteiger charge is 2.25. The number of aryl methyl sites for hydroxylation is 1. The van der Waals surface area contributed by atoms with Gasteiger partial charge in [0, 0.05) is 32.0 Å². The van der Waals surface area contributed by atoms with E-state index in [4.69, 9.17) is 0 Å². The minimum absolute atomic E-state index is 0.00252. The van der Waals surface area contributed by atoms with Crippen molar-refractivity contribution in [2.24, 2.45) is 0 Å². The predicted molar refractivity (Wildman–Crippen MR) is 117 cm³/mol. The number of likely N-dealkylation sites (tertiary alicyclic amines) is 1. The van der Waals surface area contributed by atoms with E-state index in [1.54, 1.807) is 19.1 Å². The number of halogens is 1. The molecular weight excluding hydrogens is 383 g/mol. The first kappa shape index (κ1) is 21.8. The van der Waals surface area contributed by atoms with Crippen molar-refractivity contribution in [1.82, 2.24) is 10.2 Å². The summed E-state index contributed by atoms with van der Waals surface area (Å²) in [6.45, 7) is 3.89. The van der Waals surface area contributed by atoms with Crippen molar-refractivity contribution >= 4 is 23.2 Å². The van der Waals surface area contributed by atoms with Crippen molar-refractivity contribution in [2.45, 2.75) is 25.8 Å². The molecule has 3 rings (SSSR count). The van der Waals surface area contributed by atoms with Crippen LogP contribution in [0.1, 0.15) is 30.0 Å². The summed E-state index contributed by atoms with van der Waals surface area (Å²) >= 11 is 0. The Labute approximate surface area is 177 Å². The molecule has 2 amide bonds. The lowest BCUT2D eigenvalue weighted by atomic mass is 10.0. The minimum atomic E-state index is -0.804. The van der Waals surface area contributed by atoms with Crippen LogP contribution in [-0.4, -0.2) is 50.4 Å². The largest absolute Gasteiger partial charge is 0.378 e. The van der Waals surface area contributed by atoms with Crippen molar-refractivity contribution < 1.29 is 14.0 Å². The molecule has 2 aromatic rings. The fraction of sp³-hybridized carbons (Fsp3) is 0.391. The van der Waals surface area contributed by atoms with Crippen LogP contribution in [0.4, 0.5) is 15.8 Å². The number of carbonyl (C=O) groups excluding carboxylic acids is 2. The highest BCUT2D eigenvalue weighted by atomic mass is 19.1. The standard InChI is InChI=1S/C23H29FN4O2/c1-16-6-9-18(14-20(16)24)26-23(30)22(29)25-15-21(28-12-4-5-13-28)17-7-10-19(11-8-17)27(2)3/h6-11,14,21H,4-5,12-13,15H2,1-3H3,(H,25,29)(H,26,30)/t21-/m0/s1. The zero-order chi connectivity index (χ0) is 21.7. The van der Waals surface area contributed by atoms with Crippen LogP contribution in [0.3, 0.4) is 0 Å². The summed E-state index contributed by atoms with van der Waals surface area (Å²) < 4.78 is 13.7. The van der Waals surface area contributed by atoms with Gasteiger partial charge < -0.3 is 15.5 Å². The number of amides is 2. The number of nitrogens with one attached hydrogen (secondary N) is 2. The van der Waals surface area contributed by atoms with Crippen molar-refractivity contribution in [1.29, 1.82) is 0 Å². The zero-order valence-electron chi connectivity index (χ0n) is 17.7. The van der Waals surface area contributed by atoms with Gasteiger partial charge in [-0.2, -0.15) is 0 Å². The zero-order valence-corrected chi connectivity index (χ0v) is 17.7. The van der Waals surface area contributed by atoms with Gasteiger partial charge in [-0.1, -0.05) is 18.2 Å². The van der Waals surface area contributed by atoms with Gasteiger partial charge in [0.25, 0.3) is 0 Å². The molecule has 0 saturated carbocycles. The fourth-order valence-electron chi connectivity index (χ4n) is 3.63. The van der Waals surface area contributed by atoms with Gasteiger partial charge in [0.2, 0.25) is 0 Å². The summed E-state index contributed by atoms with van der Waals surface area (Å²) in [7, 11) is 3.98. The number of nitrogens with zero attached hydrogens (tertiary/aromatic N) is 2. The number of rotatable bonds is 6. The molecule has 1 aliphatic heterocycles. The van der Waals surface area contributed by atoms with Crippen LogP contribution in [0.5, 0.6) is 0 Å². The smallest absolute Gasteiger partial charge is 0.313 e. The van der Waals surface area contributed by atoms with Crippen LogP contribution in [0.2, 0.25) is 0 Å². The SMILES string of the molecule is Cc1ccc(NC(=O)C(=O)NC[C@@H](c2ccc(N(C)C)cc2)N2CCCC2)cc1F. The Balaban J connectivity index is 1.64. The maximum Gasteiger partial charge on any atom is 0.313 e. The molecule has 7 heteroatoms. The summed E-state index contributed by atoms with van der Waals surface area (Å²) in [5, 5.41) is 5.20. The average Bonchev–Trinajstić information content (AvgIpc) is 3.25. The van der Waals surface area contributed by atoms with E-state index in [2.05, 4.69) is 39.8 Å². The van der Waals surface area contributed by atoms with Crippen LogP contribution in [-0.2, 0) is 9.59 Å². The Morgan fingerprint density at radius 3 is 2.33 bits per heavy atom. The van der Waals surface area contributed by atoms with Gasteiger partial charge in [-0.3, -0.25) is 14.5 Å². The first-order valence-corrected chi connectivity index (χ1v) is 10.2. The second-order valence-electron chi connectivity index (χ2n) is 7.87. The summed E-state index contributed by atoms with van der Waals surface area (Å²) in [5.41, 5.74) is 2.94. The van der Waals surface area contributed by atoms with E-state index in [9.17, 15) is 14.0 Å². The van der Waals surface area contributed by atoms with Gasteiger partial charge in [-0.05, 0) is 68.2 Å². The summed E-state index contributed by atoms with van der Waals surface area (Å²) in [4.78, 5) is 29.0. The van der Waals surface area contributed by atoms with Gasteiger partial charge in [-0.15, -0.1) is 0 Å². The first-order valence-electron chi connectivity index (χ1n) is 10.2. The van der Waals surface area contributed by atoms with E-state index >= 15 is 0 Å². The lowest BCUT2D eigenvalue weighted by Gasteiger charge is -2.28. The summed E-state index contributed by atoms with van der Waals surface area (Å²) in [6.07, 6.45) is 2.25. The third kappa shape index (κ3) is 5.36. The summed E-state index contributed by atoms with van der Waals surface area (Å²) in [5.74, 6) is -1.96. The topological polar surface area (TPSA) is 64.7 Å². The lowest BCUT2D eigenvalue weighted by molar-refractivity contribution is -0.136. The number of carbonyl (C=O) groups is 2. The molecule has 1 heterocycles. The third-order valence-electron chi connectivity index (χ3n) is 5.47. The Morgan fingerprint density at radius 1 is 1.07 bits per heavy atom. The molecule has 2 aromatic carbocycles. The van der Waals surface area contributed by atoms with E-state index in [1.165, 1.54) is 6.07 Å². The molecule has 1 saturated heterocycles. The molecule has 6 nitrogen and oxygen atoms in total. The van der Waals surface area contributed by atoms with Gasteiger partial charge in [-0.25, -0.2) is 4.39 Å². The van der Waals surface area contributed by atoms with E-state index in [-0.39, 0.29) is 11.7 Å². The molecule has 0 radical (unpaired) electrons. The Bertz CT molecular complexity index is 893. The van der Waals surface area contributed by atoms with Crippen molar-refractivity contribution in [2.75, 3.05) is 43.9 Å². The second-order valence-corrected chi connectivity index (χ2v) is 7.87. The van der Waals surface area contributed by atoms with Crippen LogP contribution in [0, 0.1) is 12.7 Å². The Kier molecular flexibility index (Phi) is 7.05. The van der Waals surface area contributed by atoms with Gasteiger partial charge >= 0.3 is 11.8 Å². The minimum Gasteiger partial charge on any atom is -0.378 e. The van der Waals surface area contributed by atoms with Crippen molar-refractivity contribution in [3.63, 3.8) is 0 Å². The van der Waals surface area contributed by atoms with E-state index < -0.39 is 17.6 Å². The second kappa shape index (κ2) is 9.71. The number of hydrogen-bond donors (Lipinski definition) is 2. The van der Waals surface area contributed by atoms with Crippen molar-refractivity contribution in [3.05, 3.63) is 59.4 Å². The van der Waals surface area contributed by atoms with Crippen LogP contribution in [0.25, 0.3) is 0 Å².